The predicted molar refractivity (Wildman–Crippen MR) is 211 cm³/mol. The molecular formula is C46H30N2S. The monoisotopic (exact) mass is 642 g/mol. The zero-order valence-electron chi connectivity index (χ0n) is 26.6. The topological polar surface area (TPSA) is 8.17 Å². The lowest BCUT2D eigenvalue weighted by molar-refractivity contribution is 1.17. The van der Waals surface area contributed by atoms with Crippen LogP contribution >= 0.6 is 11.3 Å². The van der Waals surface area contributed by atoms with Gasteiger partial charge in [-0.05, 0) is 71.1 Å². The van der Waals surface area contributed by atoms with Gasteiger partial charge in [0, 0.05) is 53.4 Å². The van der Waals surface area contributed by atoms with E-state index in [0.717, 1.165) is 22.7 Å². The summed E-state index contributed by atoms with van der Waals surface area (Å²) in [7, 11) is 0. The highest BCUT2D eigenvalue weighted by Crippen LogP contribution is 2.46. The zero-order chi connectivity index (χ0) is 32.3. The van der Waals surface area contributed by atoms with Crippen molar-refractivity contribution in [1.29, 1.82) is 0 Å². The number of benzene rings is 8. The van der Waals surface area contributed by atoms with Crippen LogP contribution in [0.3, 0.4) is 0 Å². The van der Waals surface area contributed by atoms with Gasteiger partial charge in [-0.25, -0.2) is 0 Å². The lowest BCUT2D eigenvalue weighted by atomic mass is 10.0. The summed E-state index contributed by atoms with van der Waals surface area (Å²) in [4.78, 5) is 2.46. The first kappa shape index (κ1) is 27.9. The fourth-order valence-corrected chi connectivity index (χ4v) is 8.77. The standard InChI is InChI=1S/C46H30N2S/c1-3-13-31(14-4-1)33-15-11-18-35(29-33)47(36-27-25-32-26-28-40-38-20-8-10-24-44(38)49-46(40)41(32)30-36)43-23-12-21-39-37-19-7-9-22-42(37)48(45(39)43)34-16-5-2-6-17-34/h1-30H. The summed E-state index contributed by atoms with van der Waals surface area (Å²) in [5, 5.41) is 7.63. The maximum Gasteiger partial charge on any atom is 0.0782 e. The lowest BCUT2D eigenvalue weighted by Gasteiger charge is -2.28. The zero-order valence-corrected chi connectivity index (χ0v) is 27.4. The first-order chi connectivity index (χ1) is 24.3. The van der Waals surface area contributed by atoms with Gasteiger partial charge in [0.2, 0.25) is 0 Å². The van der Waals surface area contributed by atoms with Crippen molar-refractivity contribution in [3.63, 3.8) is 0 Å². The SMILES string of the molecule is c1ccc(-c2cccc(N(c3ccc4ccc5c6ccccc6sc5c4c3)c3cccc4c5ccccc5n(-c5ccccc5)c34)c2)cc1. The van der Waals surface area contributed by atoms with E-state index < -0.39 is 0 Å². The van der Waals surface area contributed by atoms with Gasteiger partial charge in [0.1, 0.15) is 0 Å². The highest BCUT2D eigenvalue weighted by molar-refractivity contribution is 7.26. The largest absolute Gasteiger partial charge is 0.308 e. The van der Waals surface area contributed by atoms with E-state index in [-0.39, 0.29) is 0 Å². The Morgan fingerprint density at radius 2 is 1.10 bits per heavy atom. The van der Waals surface area contributed by atoms with Crippen molar-refractivity contribution in [1.82, 2.24) is 4.57 Å². The van der Waals surface area contributed by atoms with Crippen molar-refractivity contribution in [3.05, 3.63) is 182 Å². The average Bonchev–Trinajstić information content (AvgIpc) is 3.73. The molecule has 0 fully saturated rings. The highest BCUT2D eigenvalue weighted by atomic mass is 32.1. The van der Waals surface area contributed by atoms with Gasteiger partial charge in [0.05, 0.1) is 16.7 Å². The van der Waals surface area contributed by atoms with Gasteiger partial charge in [-0.15, -0.1) is 11.3 Å². The molecule has 0 aliphatic heterocycles. The smallest absolute Gasteiger partial charge is 0.0782 e. The van der Waals surface area contributed by atoms with Crippen LogP contribution in [0.15, 0.2) is 182 Å². The molecule has 3 heteroatoms. The number of rotatable bonds is 5. The quantitative estimate of drug-likeness (QED) is 0.181. The molecule has 0 aliphatic rings. The van der Waals surface area contributed by atoms with Crippen LogP contribution in [0.4, 0.5) is 17.1 Å². The number of nitrogens with zero attached hydrogens (tertiary/aromatic N) is 2. The van der Waals surface area contributed by atoms with Gasteiger partial charge in [0.25, 0.3) is 0 Å². The van der Waals surface area contributed by atoms with E-state index in [0.29, 0.717) is 0 Å². The van der Waals surface area contributed by atoms with Gasteiger partial charge in [-0.2, -0.15) is 0 Å². The summed E-state index contributed by atoms with van der Waals surface area (Å²) in [6, 6.07) is 66.2. The molecule has 0 aliphatic carbocycles. The second kappa shape index (κ2) is 11.2. The van der Waals surface area contributed by atoms with Crippen LogP contribution < -0.4 is 4.90 Å². The third kappa shape index (κ3) is 4.47. The van der Waals surface area contributed by atoms with Gasteiger partial charge < -0.3 is 9.47 Å². The third-order valence-electron chi connectivity index (χ3n) is 9.74. The number of hydrogen-bond acceptors (Lipinski definition) is 2. The minimum absolute atomic E-state index is 1.11. The Hall–Kier alpha value is -6.16. The molecule has 0 saturated carbocycles. The Morgan fingerprint density at radius 3 is 1.98 bits per heavy atom. The molecule has 8 aromatic carbocycles. The number of hydrogen-bond donors (Lipinski definition) is 0. The van der Waals surface area contributed by atoms with Gasteiger partial charge in [-0.1, -0.05) is 127 Å². The van der Waals surface area contributed by atoms with Crippen LogP contribution in [0.5, 0.6) is 0 Å². The molecule has 0 saturated heterocycles. The van der Waals surface area contributed by atoms with Crippen molar-refractivity contribution >= 4 is 81.1 Å². The first-order valence-electron chi connectivity index (χ1n) is 16.7. The molecule has 230 valence electrons. The number of thiophene rings is 1. The Bertz CT molecular complexity index is 2830. The molecule has 0 spiro atoms. The number of anilines is 3. The van der Waals surface area contributed by atoms with E-state index in [9.17, 15) is 0 Å². The minimum atomic E-state index is 1.11. The van der Waals surface area contributed by atoms with Crippen LogP contribution in [-0.4, -0.2) is 4.57 Å². The van der Waals surface area contributed by atoms with Crippen molar-refractivity contribution in [3.8, 4) is 16.8 Å². The molecule has 0 unspecified atom stereocenters. The van der Waals surface area contributed by atoms with Crippen molar-refractivity contribution in [2.75, 3.05) is 4.90 Å². The first-order valence-corrected chi connectivity index (χ1v) is 17.5. The van der Waals surface area contributed by atoms with E-state index in [1.807, 2.05) is 11.3 Å². The third-order valence-corrected chi connectivity index (χ3v) is 11.0. The fourth-order valence-electron chi connectivity index (χ4n) is 7.54. The van der Waals surface area contributed by atoms with Crippen molar-refractivity contribution in [2.24, 2.45) is 0 Å². The highest BCUT2D eigenvalue weighted by Gasteiger charge is 2.22. The van der Waals surface area contributed by atoms with E-state index in [2.05, 4.69) is 191 Å². The molecule has 0 radical (unpaired) electrons. The van der Waals surface area contributed by atoms with Crippen LogP contribution in [0.25, 0.3) is 69.6 Å². The molecule has 2 heterocycles. The normalized spacial score (nSPS) is 11.7. The van der Waals surface area contributed by atoms with E-state index >= 15 is 0 Å². The summed E-state index contributed by atoms with van der Waals surface area (Å²) in [5.41, 5.74) is 9.27. The fraction of sp³-hybridized carbons (Fsp3) is 0. The van der Waals surface area contributed by atoms with Gasteiger partial charge in [0.15, 0.2) is 0 Å². The minimum Gasteiger partial charge on any atom is -0.308 e. The van der Waals surface area contributed by atoms with Crippen molar-refractivity contribution in [2.45, 2.75) is 0 Å². The molecule has 0 N–H and O–H groups in total. The lowest BCUT2D eigenvalue weighted by Crippen LogP contribution is -2.12. The summed E-state index contributed by atoms with van der Waals surface area (Å²) < 4.78 is 5.08. The summed E-state index contributed by atoms with van der Waals surface area (Å²) in [6.45, 7) is 0. The summed E-state index contributed by atoms with van der Waals surface area (Å²) >= 11 is 1.89. The van der Waals surface area contributed by atoms with E-state index in [1.165, 1.54) is 63.9 Å². The Balaban J connectivity index is 1.30. The van der Waals surface area contributed by atoms with Crippen LogP contribution in [0.1, 0.15) is 0 Å². The van der Waals surface area contributed by atoms with Crippen molar-refractivity contribution < 1.29 is 0 Å². The molecule has 2 aromatic heterocycles. The Labute approximate surface area is 288 Å². The number of para-hydroxylation sites is 3. The van der Waals surface area contributed by atoms with Gasteiger partial charge >= 0.3 is 0 Å². The second-order valence-electron chi connectivity index (χ2n) is 12.6. The maximum atomic E-state index is 2.46. The Morgan fingerprint density at radius 1 is 0.429 bits per heavy atom. The second-order valence-corrected chi connectivity index (χ2v) is 13.6. The van der Waals surface area contributed by atoms with Crippen LogP contribution in [0.2, 0.25) is 0 Å². The molecule has 2 nitrogen and oxygen atoms in total. The van der Waals surface area contributed by atoms with Gasteiger partial charge in [-0.3, -0.25) is 0 Å². The summed E-state index contributed by atoms with van der Waals surface area (Å²) in [5.74, 6) is 0. The van der Waals surface area contributed by atoms with Crippen LogP contribution in [0, 0.1) is 0 Å². The van der Waals surface area contributed by atoms with E-state index in [1.54, 1.807) is 0 Å². The number of fused-ring (bicyclic) bond motifs is 8. The maximum absolute atomic E-state index is 2.46. The summed E-state index contributed by atoms with van der Waals surface area (Å²) in [6.07, 6.45) is 0. The molecule has 0 bridgehead atoms. The molecule has 0 atom stereocenters. The number of aromatic nitrogens is 1. The molecule has 49 heavy (non-hydrogen) atoms. The predicted octanol–water partition coefficient (Wildman–Crippen LogP) is 13.4. The molecular weight excluding hydrogens is 613 g/mol. The molecule has 10 aromatic rings. The Kier molecular flexibility index (Phi) is 6.39. The molecule has 10 rings (SSSR count). The molecule has 0 amide bonds. The van der Waals surface area contributed by atoms with E-state index in [4.69, 9.17) is 0 Å². The van der Waals surface area contributed by atoms with Crippen LogP contribution in [-0.2, 0) is 0 Å². The average molecular weight is 643 g/mol.